The molecule has 114 valence electrons. The number of nitrogens with zero attached hydrogens (tertiary/aromatic N) is 2. The Labute approximate surface area is 133 Å². The van der Waals surface area contributed by atoms with Gasteiger partial charge in [-0.05, 0) is 25.0 Å². The van der Waals surface area contributed by atoms with Crippen molar-refractivity contribution in [2.45, 2.75) is 37.6 Å². The van der Waals surface area contributed by atoms with Crippen molar-refractivity contribution in [3.63, 3.8) is 0 Å². The van der Waals surface area contributed by atoms with Crippen molar-refractivity contribution in [2.24, 2.45) is 0 Å². The molecular formula is C15H20BrN3O2. The molecular weight excluding hydrogens is 334 g/mol. The number of nitrogens with one attached hydrogen (secondary N) is 1. The predicted molar refractivity (Wildman–Crippen MR) is 86.8 cm³/mol. The summed E-state index contributed by atoms with van der Waals surface area (Å²) in [5.74, 6) is 0. The SMILES string of the molecule is O=[N+]([O-])c1ccc(Br)cc1N1CCNCC12CCCCC2. The molecule has 1 N–H and O–H groups in total. The molecule has 1 aliphatic heterocycles. The Bertz CT molecular complexity index is 535. The maximum atomic E-state index is 11.4. The van der Waals surface area contributed by atoms with E-state index in [1.165, 1.54) is 19.3 Å². The number of hydrogen-bond acceptors (Lipinski definition) is 4. The standard InChI is InChI=1S/C15H20BrN3O2/c16-12-4-5-13(19(20)21)14(10-12)18-9-8-17-11-15(18)6-2-1-3-7-15/h4-5,10,17H,1-3,6-9,11H2. The van der Waals surface area contributed by atoms with Gasteiger partial charge in [-0.2, -0.15) is 0 Å². The predicted octanol–water partition coefficient (Wildman–Crippen LogP) is 3.47. The van der Waals surface area contributed by atoms with E-state index in [-0.39, 0.29) is 16.1 Å². The molecule has 2 fully saturated rings. The first-order chi connectivity index (χ1) is 10.1. The molecule has 0 atom stereocenters. The highest BCUT2D eigenvalue weighted by atomic mass is 79.9. The van der Waals surface area contributed by atoms with Gasteiger partial charge in [-0.15, -0.1) is 0 Å². The van der Waals surface area contributed by atoms with Crippen molar-refractivity contribution >= 4 is 27.3 Å². The highest BCUT2D eigenvalue weighted by molar-refractivity contribution is 9.10. The van der Waals surface area contributed by atoms with Gasteiger partial charge < -0.3 is 10.2 Å². The quantitative estimate of drug-likeness (QED) is 0.653. The molecule has 1 heterocycles. The molecule has 0 unspecified atom stereocenters. The second-order valence-corrected chi connectivity index (χ2v) is 6.92. The van der Waals surface area contributed by atoms with Gasteiger partial charge in [-0.25, -0.2) is 0 Å². The number of anilines is 1. The van der Waals surface area contributed by atoms with Gasteiger partial charge in [0, 0.05) is 30.2 Å². The maximum Gasteiger partial charge on any atom is 0.292 e. The fourth-order valence-corrected chi connectivity index (χ4v) is 4.09. The molecule has 1 aromatic carbocycles. The number of nitro groups is 1. The minimum Gasteiger partial charge on any atom is -0.358 e. The summed E-state index contributed by atoms with van der Waals surface area (Å²) in [6.07, 6.45) is 5.92. The first-order valence-corrected chi connectivity index (χ1v) is 8.34. The van der Waals surface area contributed by atoms with Crippen LogP contribution in [-0.2, 0) is 0 Å². The number of benzene rings is 1. The molecule has 1 saturated carbocycles. The van der Waals surface area contributed by atoms with Gasteiger partial charge in [0.1, 0.15) is 5.69 Å². The average molecular weight is 354 g/mol. The van der Waals surface area contributed by atoms with Crippen LogP contribution in [0.25, 0.3) is 0 Å². The van der Waals surface area contributed by atoms with Crippen molar-refractivity contribution in [3.05, 3.63) is 32.8 Å². The maximum absolute atomic E-state index is 11.4. The molecule has 1 aliphatic carbocycles. The Morgan fingerprint density at radius 2 is 2.05 bits per heavy atom. The molecule has 1 spiro atoms. The molecule has 2 aliphatic rings. The normalized spacial score (nSPS) is 21.5. The van der Waals surface area contributed by atoms with Crippen LogP contribution in [0.4, 0.5) is 11.4 Å². The largest absolute Gasteiger partial charge is 0.358 e. The molecule has 1 aromatic rings. The molecule has 6 heteroatoms. The molecule has 0 radical (unpaired) electrons. The lowest BCUT2D eigenvalue weighted by Crippen LogP contribution is -2.62. The smallest absolute Gasteiger partial charge is 0.292 e. The van der Waals surface area contributed by atoms with Crippen LogP contribution in [-0.4, -0.2) is 30.1 Å². The third-order valence-electron chi connectivity index (χ3n) is 4.75. The second kappa shape index (κ2) is 5.93. The summed E-state index contributed by atoms with van der Waals surface area (Å²) in [7, 11) is 0. The molecule has 21 heavy (non-hydrogen) atoms. The molecule has 5 nitrogen and oxygen atoms in total. The zero-order valence-corrected chi connectivity index (χ0v) is 13.6. The summed E-state index contributed by atoms with van der Waals surface area (Å²) in [4.78, 5) is 13.4. The van der Waals surface area contributed by atoms with E-state index in [1.54, 1.807) is 12.1 Å². The zero-order chi connectivity index (χ0) is 14.9. The van der Waals surface area contributed by atoms with Crippen LogP contribution in [0, 0.1) is 10.1 Å². The first-order valence-electron chi connectivity index (χ1n) is 7.55. The van der Waals surface area contributed by atoms with Crippen LogP contribution in [0.3, 0.4) is 0 Å². The first kappa shape index (κ1) is 14.8. The minimum absolute atomic E-state index is 0.0437. The van der Waals surface area contributed by atoms with Gasteiger partial charge in [0.15, 0.2) is 0 Å². The molecule has 0 amide bonds. The van der Waals surface area contributed by atoms with Crippen LogP contribution >= 0.6 is 15.9 Å². The third-order valence-corrected chi connectivity index (χ3v) is 5.24. The highest BCUT2D eigenvalue weighted by Gasteiger charge is 2.41. The summed E-state index contributed by atoms with van der Waals surface area (Å²) in [5.41, 5.74) is 1.02. The Morgan fingerprint density at radius 3 is 2.76 bits per heavy atom. The summed E-state index contributed by atoms with van der Waals surface area (Å²) >= 11 is 3.46. The number of nitro benzene ring substituents is 1. The number of halogens is 1. The topological polar surface area (TPSA) is 58.4 Å². The minimum atomic E-state index is -0.264. The van der Waals surface area contributed by atoms with E-state index in [0.717, 1.165) is 42.6 Å². The summed E-state index contributed by atoms with van der Waals surface area (Å²) in [6.45, 7) is 2.64. The van der Waals surface area contributed by atoms with Crippen molar-refractivity contribution < 1.29 is 4.92 Å². The van der Waals surface area contributed by atoms with Gasteiger partial charge in [-0.1, -0.05) is 35.2 Å². The van der Waals surface area contributed by atoms with Crippen molar-refractivity contribution in [3.8, 4) is 0 Å². The van der Waals surface area contributed by atoms with Crippen LogP contribution in [0.15, 0.2) is 22.7 Å². The lowest BCUT2D eigenvalue weighted by atomic mass is 9.78. The van der Waals surface area contributed by atoms with Gasteiger partial charge in [0.05, 0.1) is 10.5 Å². The highest BCUT2D eigenvalue weighted by Crippen LogP contribution is 2.41. The van der Waals surface area contributed by atoms with Gasteiger partial charge in [0.2, 0.25) is 0 Å². The summed E-state index contributed by atoms with van der Waals surface area (Å²) < 4.78 is 0.896. The van der Waals surface area contributed by atoms with Gasteiger partial charge >= 0.3 is 0 Å². The molecule has 3 rings (SSSR count). The van der Waals surface area contributed by atoms with Crippen LogP contribution in [0.1, 0.15) is 32.1 Å². The molecule has 0 bridgehead atoms. The van der Waals surface area contributed by atoms with Crippen LogP contribution < -0.4 is 10.2 Å². The van der Waals surface area contributed by atoms with E-state index in [1.807, 2.05) is 6.07 Å². The summed E-state index contributed by atoms with van der Waals surface area (Å²) in [6, 6.07) is 5.26. The summed E-state index contributed by atoms with van der Waals surface area (Å²) in [5, 5.41) is 14.9. The van der Waals surface area contributed by atoms with Crippen LogP contribution in [0.2, 0.25) is 0 Å². The van der Waals surface area contributed by atoms with E-state index < -0.39 is 0 Å². The molecule has 1 saturated heterocycles. The van der Waals surface area contributed by atoms with E-state index in [9.17, 15) is 10.1 Å². The van der Waals surface area contributed by atoms with E-state index >= 15 is 0 Å². The average Bonchev–Trinajstić information content (AvgIpc) is 2.48. The van der Waals surface area contributed by atoms with E-state index in [0.29, 0.717) is 0 Å². The van der Waals surface area contributed by atoms with Crippen molar-refractivity contribution in [1.29, 1.82) is 0 Å². The van der Waals surface area contributed by atoms with E-state index in [4.69, 9.17) is 0 Å². The Kier molecular flexibility index (Phi) is 4.17. The van der Waals surface area contributed by atoms with Crippen molar-refractivity contribution in [1.82, 2.24) is 5.32 Å². The van der Waals surface area contributed by atoms with Gasteiger partial charge in [-0.3, -0.25) is 10.1 Å². The van der Waals surface area contributed by atoms with Gasteiger partial charge in [0.25, 0.3) is 5.69 Å². The monoisotopic (exact) mass is 353 g/mol. The fraction of sp³-hybridized carbons (Fsp3) is 0.600. The Morgan fingerprint density at radius 1 is 1.29 bits per heavy atom. The third kappa shape index (κ3) is 2.79. The lowest BCUT2D eigenvalue weighted by Gasteiger charge is -2.50. The second-order valence-electron chi connectivity index (χ2n) is 6.00. The van der Waals surface area contributed by atoms with Crippen molar-refractivity contribution in [2.75, 3.05) is 24.5 Å². The lowest BCUT2D eigenvalue weighted by molar-refractivity contribution is -0.384. The molecule has 0 aromatic heterocycles. The Hall–Kier alpha value is -1.14. The Balaban J connectivity index is 2.04. The number of rotatable bonds is 2. The fourth-order valence-electron chi connectivity index (χ4n) is 3.74. The van der Waals surface area contributed by atoms with Crippen LogP contribution in [0.5, 0.6) is 0 Å². The number of hydrogen-bond donors (Lipinski definition) is 1. The number of piperazine rings is 1. The van der Waals surface area contributed by atoms with E-state index in [2.05, 4.69) is 26.1 Å². The zero-order valence-electron chi connectivity index (χ0n) is 12.0.